The van der Waals surface area contributed by atoms with Crippen LogP contribution in [-0.4, -0.2) is 41.5 Å². The molecule has 3 fully saturated rings. The normalized spacial score (nSPS) is 29.1. The Labute approximate surface area is 191 Å². The standard InChI is InChI=1S/C26H35N5O/c1-31(2)26-29-16-22(18-11-13-27-14-12-18)24(30-26)19-9-7-17(8-10-19)15-28-25(32)23-20-5-3-4-6-21(20)23/h11-14,16-17,19-21,23H,3-10,15H2,1-2H3,(H,28,32). The van der Waals surface area contributed by atoms with Crippen LogP contribution >= 0.6 is 0 Å². The van der Waals surface area contributed by atoms with Gasteiger partial charge in [-0.25, -0.2) is 9.97 Å². The molecule has 170 valence electrons. The first-order chi connectivity index (χ1) is 15.6. The van der Waals surface area contributed by atoms with Crippen LogP contribution in [0.3, 0.4) is 0 Å². The predicted octanol–water partition coefficient (Wildman–Crippen LogP) is 4.43. The van der Waals surface area contributed by atoms with Crippen LogP contribution in [0, 0.1) is 23.7 Å². The smallest absolute Gasteiger partial charge is 0.225 e. The molecule has 5 rings (SSSR count). The molecule has 6 nitrogen and oxygen atoms in total. The first-order valence-electron chi connectivity index (χ1n) is 12.3. The highest BCUT2D eigenvalue weighted by Crippen LogP contribution is 2.55. The van der Waals surface area contributed by atoms with Crippen LogP contribution in [0.1, 0.15) is 63.0 Å². The number of carbonyl (C=O) groups is 1. The van der Waals surface area contributed by atoms with Gasteiger partial charge in [0, 0.05) is 56.6 Å². The molecule has 2 heterocycles. The van der Waals surface area contributed by atoms with Gasteiger partial charge in [0.05, 0.1) is 5.69 Å². The molecule has 0 radical (unpaired) electrons. The van der Waals surface area contributed by atoms with E-state index in [0.29, 0.717) is 35.5 Å². The van der Waals surface area contributed by atoms with Crippen LogP contribution in [0.4, 0.5) is 5.95 Å². The number of nitrogens with zero attached hydrogens (tertiary/aromatic N) is 4. The summed E-state index contributed by atoms with van der Waals surface area (Å²) < 4.78 is 0. The maximum Gasteiger partial charge on any atom is 0.225 e. The summed E-state index contributed by atoms with van der Waals surface area (Å²) in [4.78, 5) is 28.3. The van der Waals surface area contributed by atoms with E-state index >= 15 is 0 Å². The quantitative estimate of drug-likeness (QED) is 0.730. The molecule has 0 spiro atoms. The van der Waals surface area contributed by atoms with Crippen molar-refractivity contribution in [1.29, 1.82) is 0 Å². The van der Waals surface area contributed by atoms with Gasteiger partial charge in [-0.3, -0.25) is 9.78 Å². The average molecular weight is 434 g/mol. The van der Waals surface area contributed by atoms with Crippen LogP contribution in [-0.2, 0) is 4.79 Å². The molecule has 2 aromatic heterocycles. The molecule has 1 N–H and O–H groups in total. The number of hydrogen-bond donors (Lipinski definition) is 1. The van der Waals surface area contributed by atoms with Crippen molar-refractivity contribution in [3.05, 3.63) is 36.4 Å². The van der Waals surface area contributed by atoms with Crippen molar-refractivity contribution in [3.63, 3.8) is 0 Å². The number of nitrogens with one attached hydrogen (secondary N) is 1. The molecule has 2 aromatic rings. The maximum atomic E-state index is 12.7. The van der Waals surface area contributed by atoms with E-state index in [0.717, 1.165) is 55.0 Å². The molecule has 0 saturated heterocycles. The van der Waals surface area contributed by atoms with Gasteiger partial charge in [-0.2, -0.15) is 0 Å². The monoisotopic (exact) mass is 433 g/mol. The summed E-state index contributed by atoms with van der Waals surface area (Å²) in [6, 6.07) is 4.07. The third-order valence-corrected chi connectivity index (χ3v) is 7.95. The topological polar surface area (TPSA) is 71.0 Å². The van der Waals surface area contributed by atoms with E-state index in [2.05, 4.69) is 15.3 Å². The first-order valence-corrected chi connectivity index (χ1v) is 12.3. The van der Waals surface area contributed by atoms with Gasteiger partial charge >= 0.3 is 0 Å². The van der Waals surface area contributed by atoms with Crippen molar-refractivity contribution in [3.8, 4) is 11.1 Å². The third-order valence-electron chi connectivity index (χ3n) is 7.95. The molecule has 3 aliphatic rings. The van der Waals surface area contributed by atoms with Crippen molar-refractivity contribution in [1.82, 2.24) is 20.3 Å². The highest BCUT2D eigenvalue weighted by Gasteiger charge is 2.54. The zero-order valence-corrected chi connectivity index (χ0v) is 19.3. The Bertz CT molecular complexity index is 926. The zero-order valence-electron chi connectivity index (χ0n) is 19.3. The minimum absolute atomic E-state index is 0.322. The van der Waals surface area contributed by atoms with Crippen molar-refractivity contribution in [2.24, 2.45) is 23.7 Å². The van der Waals surface area contributed by atoms with Gasteiger partial charge in [0.1, 0.15) is 0 Å². The molecule has 3 aliphatic carbocycles. The van der Waals surface area contributed by atoms with Gasteiger partial charge in [-0.05, 0) is 74.0 Å². The molecule has 3 saturated carbocycles. The van der Waals surface area contributed by atoms with Crippen molar-refractivity contribution in [2.45, 2.75) is 57.3 Å². The van der Waals surface area contributed by atoms with E-state index < -0.39 is 0 Å². The SMILES string of the molecule is CN(C)c1ncc(-c2ccncc2)c(C2CCC(CNC(=O)C3C4CCCCC43)CC2)n1. The van der Waals surface area contributed by atoms with Crippen LogP contribution in [0.5, 0.6) is 0 Å². The lowest BCUT2D eigenvalue weighted by atomic mass is 9.79. The Hall–Kier alpha value is -2.50. The Morgan fingerprint density at radius 2 is 1.72 bits per heavy atom. The fourth-order valence-corrected chi connectivity index (χ4v) is 6.05. The molecular formula is C26H35N5O. The second-order valence-corrected chi connectivity index (χ2v) is 10.2. The fourth-order valence-electron chi connectivity index (χ4n) is 6.05. The van der Waals surface area contributed by atoms with Crippen LogP contribution in [0.2, 0.25) is 0 Å². The molecule has 2 unspecified atom stereocenters. The molecule has 0 bridgehead atoms. The van der Waals surface area contributed by atoms with Gasteiger partial charge in [0.15, 0.2) is 0 Å². The number of amides is 1. The second-order valence-electron chi connectivity index (χ2n) is 10.2. The highest BCUT2D eigenvalue weighted by molar-refractivity contribution is 5.82. The van der Waals surface area contributed by atoms with Gasteiger partial charge in [-0.1, -0.05) is 12.8 Å². The van der Waals surface area contributed by atoms with E-state index in [9.17, 15) is 4.79 Å². The Morgan fingerprint density at radius 1 is 1.03 bits per heavy atom. The van der Waals surface area contributed by atoms with Crippen molar-refractivity contribution in [2.75, 3.05) is 25.5 Å². The molecule has 0 aromatic carbocycles. The summed E-state index contributed by atoms with van der Waals surface area (Å²) in [5, 5.41) is 3.31. The Kier molecular flexibility index (Phi) is 6.11. The summed E-state index contributed by atoms with van der Waals surface area (Å²) in [7, 11) is 3.97. The molecular weight excluding hydrogens is 398 g/mol. The van der Waals surface area contributed by atoms with E-state index in [1.165, 1.54) is 25.7 Å². The summed E-state index contributed by atoms with van der Waals surface area (Å²) in [6.07, 6.45) is 15.3. The van der Waals surface area contributed by atoms with Crippen LogP contribution in [0.15, 0.2) is 30.7 Å². The minimum atomic E-state index is 0.322. The average Bonchev–Trinajstić information content (AvgIpc) is 3.58. The number of aromatic nitrogens is 3. The largest absolute Gasteiger partial charge is 0.356 e. The first kappa shape index (κ1) is 21.4. The molecule has 0 aliphatic heterocycles. The lowest BCUT2D eigenvalue weighted by Crippen LogP contribution is -2.32. The lowest BCUT2D eigenvalue weighted by molar-refractivity contribution is -0.123. The molecule has 32 heavy (non-hydrogen) atoms. The van der Waals surface area contributed by atoms with E-state index in [4.69, 9.17) is 4.98 Å². The minimum Gasteiger partial charge on any atom is -0.356 e. The van der Waals surface area contributed by atoms with Gasteiger partial charge in [-0.15, -0.1) is 0 Å². The Morgan fingerprint density at radius 3 is 2.38 bits per heavy atom. The predicted molar refractivity (Wildman–Crippen MR) is 126 cm³/mol. The number of carbonyl (C=O) groups excluding carboxylic acids is 1. The number of fused-ring (bicyclic) bond motifs is 1. The number of anilines is 1. The molecule has 2 atom stereocenters. The van der Waals surface area contributed by atoms with Gasteiger partial charge in [0.2, 0.25) is 11.9 Å². The summed E-state index contributed by atoms with van der Waals surface area (Å²) in [6.45, 7) is 0.839. The highest BCUT2D eigenvalue weighted by atomic mass is 16.2. The summed E-state index contributed by atoms with van der Waals surface area (Å²) in [5.41, 5.74) is 3.39. The maximum absolute atomic E-state index is 12.7. The summed E-state index contributed by atoms with van der Waals surface area (Å²) in [5.74, 6) is 3.80. The third kappa shape index (κ3) is 4.37. The van der Waals surface area contributed by atoms with Gasteiger partial charge in [0.25, 0.3) is 0 Å². The fraction of sp³-hybridized carbons (Fsp3) is 0.615. The summed E-state index contributed by atoms with van der Waals surface area (Å²) >= 11 is 0. The van der Waals surface area contributed by atoms with E-state index in [1.54, 1.807) is 0 Å². The van der Waals surface area contributed by atoms with Crippen molar-refractivity contribution >= 4 is 11.9 Å². The number of rotatable bonds is 6. The van der Waals surface area contributed by atoms with Crippen LogP contribution < -0.4 is 10.2 Å². The van der Waals surface area contributed by atoms with Crippen LogP contribution in [0.25, 0.3) is 11.1 Å². The second kappa shape index (κ2) is 9.16. The number of hydrogen-bond acceptors (Lipinski definition) is 5. The lowest BCUT2D eigenvalue weighted by Gasteiger charge is -2.30. The molecule has 6 heteroatoms. The van der Waals surface area contributed by atoms with E-state index in [1.807, 2.05) is 49.7 Å². The zero-order chi connectivity index (χ0) is 22.1. The van der Waals surface area contributed by atoms with Gasteiger partial charge < -0.3 is 10.2 Å². The number of pyridine rings is 1. The molecule has 1 amide bonds. The van der Waals surface area contributed by atoms with Crippen molar-refractivity contribution < 1.29 is 4.79 Å². The Balaban J connectivity index is 1.21. The van der Waals surface area contributed by atoms with E-state index in [-0.39, 0.29) is 0 Å².